The molecule has 1 aliphatic heterocycles. The summed E-state index contributed by atoms with van der Waals surface area (Å²) < 4.78 is 12.4. The molecule has 0 radical (unpaired) electrons. The third-order valence-corrected chi connectivity index (χ3v) is 6.85. The lowest BCUT2D eigenvalue weighted by atomic mass is 10.0. The first-order valence-electron chi connectivity index (χ1n) is 8.39. The minimum atomic E-state index is -0.783. The van der Waals surface area contributed by atoms with Crippen LogP contribution in [0.5, 0.6) is 0 Å². The SMILES string of the molecule is CCC1(CC)CN(c2nc(C(C)C)nc(N(C)C)n2)CCS1=O. The number of hydrogen-bond donors (Lipinski definition) is 0. The van der Waals surface area contributed by atoms with E-state index in [2.05, 4.69) is 47.5 Å². The molecule has 1 aromatic rings. The number of anilines is 2. The highest BCUT2D eigenvalue weighted by Gasteiger charge is 2.39. The zero-order valence-corrected chi connectivity index (χ0v) is 16.0. The minimum Gasteiger partial charge on any atom is -0.347 e. The second-order valence-corrected chi connectivity index (χ2v) is 8.67. The van der Waals surface area contributed by atoms with Gasteiger partial charge >= 0.3 is 0 Å². The Hall–Kier alpha value is -1.24. The molecule has 1 unspecified atom stereocenters. The summed E-state index contributed by atoms with van der Waals surface area (Å²) in [5.41, 5.74) is 0. The Kier molecular flexibility index (Phi) is 5.60. The van der Waals surface area contributed by atoms with Crippen molar-refractivity contribution in [3.05, 3.63) is 5.82 Å². The summed E-state index contributed by atoms with van der Waals surface area (Å²) in [7, 11) is 3.10. The van der Waals surface area contributed by atoms with Crippen molar-refractivity contribution in [2.75, 3.05) is 42.7 Å². The molecule has 1 saturated heterocycles. The predicted molar refractivity (Wildman–Crippen MR) is 96.8 cm³/mol. The first-order chi connectivity index (χ1) is 10.8. The lowest BCUT2D eigenvalue weighted by Gasteiger charge is -2.41. The molecule has 0 spiro atoms. The van der Waals surface area contributed by atoms with Gasteiger partial charge in [-0.3, -0.25) is 4.21 Å². The summed E-state index contributed by atoms with van der Waals surface area (Å²) in [5.74, 6) is 3.14. The summed E-state index contributed by atoms with van der Waals surface area (Å²) in [6.45, 7) is 9.93. The van der Waals surface area contributed by atoms with E-state index in [9.17, 15) is 4.21 Å². The van der Waals surface area contributed by atoms with Gasteiger partial charge in [-0.2, -0.15) is 15.0 Å². The van der Waals surface area contributed by atoms with Crippen LogP contribution in [0, 0.1) is 0 Å². The van der Waals surface area contributed by atoms with Gasteiger partial charge in [-0.15, -0.1) is 0 Å². The lowest BCUT2D eigenvalue weighted by molar-refractivity contribution is 0.491. The summed E-state index contributed by atoms with van der Waals surface area (Å²) in [5, 5.41) is 0. The largest absolute Gasteiger partial charge is 0.347 e. The van der Waals surface area contributed by atoms with Crippen molar-refractivity contribution in [3.63, 3.8) is 0 Å². The molecule has 0 amide bonds. The van der Waals surface area contributed by atoms with E-state index in [1.165, 1.54) is 0 Å². The van der Waals surface area contributed by atoms with E-state index in [1.807, 2.05) is 19.0 Å². The Labute approximate surface area is 142 Å². The molecule has 1 aliphatic rings. The molecule has 0 N–H and O–H groups in total. The molecule has 6 nitrogen and oxygen atoms in total. The van der Waals surface area contributed by atoms with Gasteiger partial charge in [0, 0.05) is 49.7 Å². The van der Waals surface area contributed by atoms with E-state index < -0.39 is 10.8 Å². The second kappa shape index (κ2) is 7.11. The Morgan fingerprint density at radius 2 is 1.87 bits per heavy atom. The Bertz CT molecular complexity index is 545. The molecular weight excluding hydrogens is 310 g/mol. The van der Waals surface area contributed by atoms with Crippen LogP contribution >= 0.6 is 0 Å². The molecule has 2 rings (SSSR count). The Morgan fingerprint density at radius 3 is 2.39 bits per heavy atom. The van der Waals surface area contributed by atoms with Crippen molar-refractivity contribution in [3.8, 4) is 0 Å². The molecule has 0 aromatic carbocycles. The van der Waals surface area contributed by atoms with E-state index in [4.69, 9.17) is 0 Å². The van der Waals surface area contributed by atoms with Crippen molar-refractivity contribution < 1.29 is 4.21 Å². The van der Waals surface area contributed by atoms with Crippen LogP contribution in [0.25, 0.3) is 0 Å². The van der Waals surface area contributed by atoms with E-state index in [0.717, 1.165) is 37.7 Å². The van der Waals surface area contributed by atoms with E-state index in [1.54, 1.807) is 0 Å². The summed E-state index contributed by atoms with van der Waals surface area (Å²) in [6.07, 6.45) is 1.82. The maximum atomic E-state index is 12.5. The fourth-order valence-corrected chi connectivity index (χ4v) is 4.61. The third-order valence-electron chi connectivity index (χ3n) is 4.63. The van der Waals surface area contributed by atoms with Gasteiger partial charge in [0.05, 0.1) is 4.75 Å². The zero-order valence-electron chi connectivity index (χ0n) is 15.2. The van der Waals surface area contributed by atoms with Crippen molar-refractivity contribution in [1.29, 1.82) is 0 Å². The first-order valence-corrected chi connectivity index (χ1v) is 9.71. The van der Waals surface area contributed by atoms with E-state index in [0.29, 0.717) is 11.7 Å². The summed E-state index contributed by atoms with van der Waals surface area (Å²) in [6, 6.07) is 0. The van der Waals surface area contributed by atoms with Gasteiger partial charge in [-0.25, -0.2) is 0 Å². The summed E-state index contributed by atoms with van der Waals surface area (Å²) in [4.78, 5) is 17.9. The summed E-state index contributed by atoms with van der Waals surface area (Å²) >= 11 is 0. The highest BCUT2D eigenvalue weighted by molar-refractivity contribution is 7.86. The van der Waals surface area contributed by atoms with Gasteiger partial charge in [0.25, 0.3) is 0 Å². The molecule has 1 fully saturated rings. The lowest BCUT2D eigenvalue weighted by Crippen LogP contribution is -2.53. The molecule has 130 valence electrons. The molecule has 23 heavy (non-hydrogen) atoms. The molecule has 0 aliphatic carbocycles. The van der Waals surface area contributed by atoms with Crippen molar-refractivity contribution in [2.45, 2.75) is 51.2 Å². The van der Waals surface area contributed by atoms with Crippen LogP contribution in [0.4, 0.5) is 11.9 Å². The highest BCUT2D eigenvalue weighted by Crippen LogP contribution is 2.30. The van der Waals surface area contributed by atoms with Gasteiger partial charge in [-0.05, 0) is 12.8 Å². The number of nitrogens with zero attached hydrogens (tertiary/aromatic N) is 5. The van der Waals surface area contributed by atoms with Crippen LogP contribution in [-0.4, -0.2) is 56.8 Å². The van der Waals surface area contributed by atoms with Crippen LogP contribution in [0.1, 0.15) is 52.3 Å². The highest BCUT2D eigenvalue weighted by atomic mass is 32.2. The van der Waals surface area contributed by atoms with Crippen LogP contribution in [0.3, 0.4) is 0 Å². The van der Waals surface area contributed by atoms with Crippen molar-refractivity contribution in [2.24, 2.45) is 0 Å². The molecule has 2 heterocycles. The predicted octanol–water partition coefficient (Wildman–Crippen LogP) is 2.19. The van der Waals surface area contributed by atoms with Crippen molar-refractivity contribution >= 4 is 22.7 Å². The molecular formula is C16H29N5OS. The average Bonchev–Trinajstić information content (AvgIpc) is 2.55. The van der Waals surface area contributed by atoms with Gasteiger partial charge in [-0.1, -0.05) is 27.7 Å². The Morgan fingerprint density at radius 1 is 1.22 bits per heavy atom. The van der Waals surface area contributed by atoms with Gasteiger partial charge in [0.1, 0.15) is 5.82 Å². The zero-order chi connectivity index (χ0) is 17.2. The van der Waals surface area contributed by atoms with Gasteiger partial charge in [0.15, 0.2) is 0 Å². The standard InChI is InChI=1S/C16H29N5OS/c1-7-16(8-2)11-21(9-10-23(16)22)15-18-13(12(3)4)17-14(19-15)20(5)6/h12H,7-11H2,1-6H3. The van der Waals surface area contributed by atoms with Crippen LogP contribution in [0.15, 0.2) is 0 Å². The maximum absolute atomic E-state index is 12.5. The first kappa shape index (κ1) is 18.1. The number of hydrogen-bond acceptors (Lipinski definition) is 6. The Balaban J connectivity index is 2.39. The van der Waals surface area contributed by atoms with Gasteiger partial charge < -0.3 is 9.80 Å². The normalized spacial score (nSPS) is 20.8. The van der Waals surface area contributed by atoms with Crippen LogP contribution < -0.4 is 9.80 Å². The van der Waals surface area contributed by atoms with E-state index in [-0.39, 0.29) is 10.7 Å². The van der Waals surface area contributed by atoms with E-state index >= 15 is 0 Å². The number of aromatic nitrogens is 3. The molecule has 0 saturated carbocycles. The maximum Gasteiger partial charge on any atom is 0.230 e. The molecule has 7 heteroatoms. The van der Waals surface area contributed by atoms with Crippen LogP contribution in [-0.2, 0) is 10.8 Å². The average molecular weight is 340 g/mol. The minimum absolute atomic E-state index is 0.152. The fourth-order valence-electron chi connectivity index (χ4n) is 2.84. The molecule has 0 bridgehead atoms. The molecule has 1 aromatic heterocycles. The topological polar surface area (TPSA) is 62.2 Å². The monoisotopic (exact) mass is 339 g/mol. The molecule has 1 atom stereocenters. The second-order valence-electron chi connectivity index (χ2n) is 6.70. The smallest absolute Gasteiger partial charge is 0.230 e. The number of rotatable bonds is 5. The fraction of sp³-hybridized carbons (Fsp3) is 0.812. The van der Waals surface area contributed by atoms with Gasteiger partial charge in [0.2, 0.25) is 11.9 Å². The quantitative estimate of drug-likeness (QED) is 0.819. The third kappa shape index (κ3) is 3.65. The van der Waals surface area contributed by atoms with Crippen LogP contribution in [0.2, 0.25) is 0 Å². The van der Waals surface area contributed by atoms with Crippen molar-refractivity contribution in [1.82, 2.24) is 15.0 Å².